The van der Waals surface area contributed by atoms with Crippen molar-refractivity contribution in [3.05, 3.63) is 29.5 Å². The number of nitrogens with zero attached hydrogens (tertiary/aromatic N) is 2. The maximum atomic E-state index is 12.5. The molecule has 1 aromatic carbocycles. The number of thiazole rings is 1. The number of carbonyl (C=O) groups excluding carboxylic acids is 3. The molecule has 142 valence electrons. The molecule has 3 N–H and O–H groups in total. The van der Waals surface area contributed by atoms with Gasteiger partial charge in [0.25, 0.3) is 5.91 Å². The first-order valence-electron chi connectivity index (χ1n) is 8.09. The number of carbonyl (C=O) groups is 3. The number of hydrogen-bond donors (Lipinski definition) is 3. The highest BCUT2D eigenvalue weighted by Crippen LogP contribution is 2.30. The molecule has 0 saturated carbocycles. The third-order valence-electron chi connectivity index (χ3n) is 3.89. The SMILES string of the molecule is COC(=O)C1=C(Nc2ccc3sc(NC(C)=O)nc3c2)C(=O)N(CCO)C1. The van der Waals surface area contributed by atoms with Gasteiger partial charge in [0.15, 0.2) is 5.13 Å². The fourth-order valence-electron chi connectivity index (χ4n) is 2.70. The van der Waals surface area contributed by atoms with E-state index in [0.29, 0.717) is 16.3 Å². The fraction of sp³-hybridized carbons (Fsp3) is 0.294. The number of aliphatic hydroxyl groups excluding tert-OH is 1. The van der Waals surface area contributed by atoms with Crippen molar-refractivity contribution in [2.45, 2.75) is 6.92 Å². The number of fused-ring (bicyclic) bond motifs is 1. The van der Waals surface area contributed by atoms with Crippen LogP contribution in [0.5, 0.6) is 0 Å². The highest BCUT2D eigenvalue weighted by molar-refractivity contribution is 7.22. The third kappa shape index (κ3) is 3.91. The van der Waals surface area contributed by atoms with Gasteiger partial charge in [0.2, 0.25) is 5.91 Å². The summed E-state index contributed by atoms with van der Waals surface area (Å²) in [5, 5.41) is 15.2. The van der Waals surface area contributed by atoms with E-state index in [1.165, 1.54) is 30.3 Å². The summed E-state index contributed by atoms with van der Waals surface area (Å²) >= 11 is 1.33. The quantitative estimate of drug-likeness (QED) is 0.628. The molecule has 0 spiro atoms. The molecule has 0 aliphatic carbocycles. The average molecular weight is 390 g/mol. The highest BCUT2D eigenvalue weighted by Gasteiger charge is 2.34. The van der Waals surface area contributed by atoms with E-state index in [1.54, 1.807) is 12.1 Å². The number of ether oxygens (including phenoxy) is 1. The number of aliphatic hydroxyl groups is 1. The first-order chi connectivity index (χ1) is 12.9. The van der Waals surface area contributed by atoms with E-state index in [0.717, 1.165) is 4.70 Å². The molecule has 0 radical (unpaired) electrons. The maximum absolute atomic E-state index is 12.5. The molecular weight excluding hydrogens is 372 g/mol. The molecule has 1 aliphatic heterocycles. The Morgan fingerprint density at radius 1 is 1.41 bits per heavy atom. The molecule has 27 heavy (non-hydrogen) atoms. The third-order valence-corrected chi connectivity index (χ3v) is 4.85. The van der Waals surface area contributed by atoms with Crippen LogP contribution in [0.15, 0.2) is 29.5 Å². The topological polar surface area (TPSA) is 121 Å². The van der Waals surface area contributed by atoms with Crippen molar-refractivity contribution in [2.24, 2.45) is 0 Å². The largest absolute Gasteiger partial charge is 0.466 e. The number of esters is 1. The second-order valence-corrected chi connectivity index (χ2v) is 6.83. The summed E-state index contributed by atoms with van der Waals surface area (Å²) in [5.74, 6) is -1.20. The van der Waals surface area contributed by atoms with Gasteiger partial charge in [0.1, 0.15) is 5.70 Å². The Labute approximate surface area is 158 Å². The number of aromatic nitrogens is 1. The van der Waals surface area contributed by atoms with Crippen LogP contribution >= 0.6 is 11.3 Å². The van der Waals surface area contributed by atoms with Crippen LogP contribution in [0.1, 0.15) is 6.92 Å². The molecule has 9 nitrogen and oxygen atoms in total. The molecule has 0 fully saturated rings. The van der Waals surface area contributed by atoms with E-state index in [4.69, 9.17) is 9.84 Å². The minimum atomic E-state index is -0.603. The second-order valence-electron chi connectivity index (χ2n) is 5.80. The van der Waals surface area contributed by atoms with Crippen LogP contribution in [-0.2, 0) is 19.1 Å². The zero-order chi connectivity index (χ0) is 19.6. The number of anilines is 2. The minimum absolute atomic E-state index is 0.0695. The van der Waals surface area contributed by atoms with Crippen molar-refractivity contribution < 1.29 is 24.2 Å². The van der Waals surface area contributed by atoms with Crippen molar-refractivity contribution in [3.63, 3.8) is 0 Å². The molecule has 0 atom stereocenters. The van der Waals surface area contributed by atoms with Crippen LogP contribution in [0.25, 0.3) is 10.2 Å². The summed E-state index contributed by atoms with van der Waals surface area (Å²) in [6, 6.07) is 5.28. The Balaban J connectivity index is 1.90. The van der Waals surface area contributed by atoms with Crippen LogP contribution in [0.4, 0.5) is 10.8 Å². The molecule has 3 rings (SSSR count). The maximum Gasteiger partial charge on any atom is 0.337 e. The van der Waals surface area contributed by atoms with E-state index in [1.807, 2.05) is 6.07 Å². The number of benzene rings is 1. The number of amides is 2. The molecule has 2 amide bonds. The van der Waals surface area contributed by atoms with Crippen LogP contribution in [0, 0.1) is 0 Å². The van der Waals surface area contributed by atoms with E-state index < -0.39 is 5.97 Å². The molecule has 0 bridgehead atoms. The van der Waals surface area contributed by atoms with Crippen LogP contribution in [0.2, 0.25) is 0 Å². The van der Waals surface area contributed by atoms with Gasteiger partial charge in [-0.05, 0) is 18.2 Å². The summed E-state index contributed by atoms with van der Waals surface area (Å²) in [4.78, 5) is 41.4. The Bertz CT molecular complexity index is 952. The molecule has 0 saturated heterocycles. The summed E-state index contributed by atoms with van der Waals surface area (Å²) in [7, 11) is 1.25. The van der Waals surface area contributed by atoms with Crippen molar-refractivity contribution in [2.75, 3.05) is 37.4 Å². The van der Waals surface area contributed by atoms with Crippen LogP contribution in [-0.4, -0.2) is 59.6 Å². The van der Waals surface area contributed by atoms with E-state index >= 15 is 0 Å². The first-order valence-corrected chi connectivity index (χ1v) is 8.91. The lowest BCUT2D eigenvalue weighted by molar-refractivity contribution is -0.136. The second kappa shape index (κ2) is 7.72. The van der Waals surface area contributed by atoms with Gasteiger partial charge in [0.05, 0.1) is 36.1 Å². The van der Waals surface area contributed by atoms with Crippen LogP contribution < -0.4 is 10.6 Å². The van der Waals surface area contributed by atoms with Crippen molar-refractivity contribution in [1.29, 1.82) is 0 Å². The lowest BCUT2D eigenvalue weighted by Crippen LogP contribution is -2.31. The lowest BCUT2D eigenvalue weighted by Gasteiger charge is -2.15. The van der Waals surface area contributed by atoms with Gasteiger partial charge in [-0.1, -0.05) is 11.3 Å². The standard InChI is InChI=1S/C17H18N4O5S/c1-9(23)18-17-20-12-7-10(3-4-13(12)27-17)19-14-11(16(25)26-2)8-21(5-6-22)15(14)24/h3-4,7,19,22H,5-6,8H2,1-2H3,(H,18,20,23). The van der Waals surface area contributed by atoms with E-state index in [2.05, 4.69) is 15.6 Å². The normalized spacial score (nSPS) is 14.0. The number of methoxy groups -OCH3 is 1. The zero-order valence-electron chi connectivity index (χ0n) is 14.7. The first kappa shape index (κ1) is 18.8. The Morgan fingerprint density at radius 3 is 2.85 bits per heavy atom. The van der Waals surface area contributed by atoms with Gasteiger partial charge in [-0.2, -0.15) is 0 Å². The predicted octanol–water partition coefficient (Wildman–Crippen LogP) is 0.928. The summed E-state index contributed by atoms with van der Waals surface area (Å²) in [6.45, 7) is 1.39. The summed E-state index contributed by atoms with van der Waals surface area (Å²) in [6.07, 6.45) is 0. The average Bonchev–Trinajstić information content (AvgIpc) is 3.15. The minimum Gasteiger partial charge on any atom is -0.466 e. The van der Waals surface area contributed by atoms with E-state index in [-0.39, 0.29) is 42.8 Å². The van der Waals surface area contributed by atoms with Gasteiger partial charge < -0.3 is 25.4 Å². The Kier molecular flexibility index (Phi) is 5.38. The van der Waals surface area contributed by atoms with Crippen molar-refractivity contribution >= 4 is 50.2 Å². The Hall–Kier alpha value is -2.98. The molecule has 2 heterocycles. The molecule has 2 aromatic rings. The fourth-order valence-corrected chi connectivity index (χ4v) is 3.59. The summed E-state index contributed by atoms with van der Waals surface area (Å²) < 4.78 is 5.63. The molecule has 1 aromatic heterocycles. The zero-order valence-corrected chi connectivity index (χ0v) is 15.6. The predicted molar refractivity (Wildman–Crippen MR) is 100 cm³/mol. The smallest absolute Gasteiger partial charge is 0.337 e. The molecule has 10 heteroatoms. The van der Waals surface area contributed by atoms with Gasteiger partial charge in [0, 0.05) is 19.2 Å². The molecular formula is C17H18N4O5S. The number of hydrogen-bond acceptors (Lipinski definition) is 8. The number of β-amino-alcohol motifs (C(OH)–C–C–N with tert-alkyl or cyclic N) is 1. The van der Waals surface area contributed by atoms with Crippen LogP contribution in [0.3, 0.4) is 0 Å². The Morgan fingerprint density at radius 2 is 2.19 bits per heavy atom. The van der Waals surface area contributed by atoms with E-state index in [9.17, 15) is 14.4 Å². The molecule has 1 aliphatic rings. The van der Waals surface area contributed by atoms with Gasteiger partial charge in [-0.25, -0.2) is 9.78 Å². The molecule has 0 unspecified atom stereocenters. The lowest BCUT2D eigenvalue weighted by atomic mass is 10.2. The van der Waals surface area contributed by atoms with Gasteiger partial charge in [-0.15, -0.1) is 0 Å². The van der Waals surface area contributed by atoms with Crippen molar-refractivity contribution in [3.8, 4) is 0 Å². The van der Waals surface area contributed by atoms with Gasteiger partial charge in [-0.3, -0.25) is 9.59 Å². The summed E-state index contributed by atoms with van der Waals surface area (Å²) in [5.41, 5.74) is 1.53. The number of nitrogens with one attached hydrogen (secondary N) is 2. The van der Waals surface area contributed by atoms with Crippen molar-refractivity contribution in [1.82, 2.24) is 9.88 Å². The van der Waals surface area contributed by atoms with Gasteiger partial charge >= 0.3 is 5.97 Å². The highest BCUT2D eigenvalue weighted by atomic mass is 32.1. The number of rotatable bonds is 6. The monoisotopic (exact) mass is 390 g/mol.